The lowest BCUT2D eigenvalue weighted by Crippen LogP contribution is -2.46. The number of rotatable bonds is 4. The Morgan fingerprint density at radius 3 is 2.75 bits per heavy atom. The van der Waals surface area contributed by atoms with Crippen LogP contribution < -0.4 is 11.1 Å². The second kappa shape index (κ2) is 5.96. The number of hydrogen-bond donors (Lipinski definition) is 2. The molecule has 1 aromatic heterocycles. The third-order valence-corrected chi connectivity index (χ3v) is 3.38. The average molecular weight is 287 g/mol. The van der Waals surface area contributed by atoms with Gasteiger partial charge in [-0.1, -0.05) is 32.1 Å². The highest BCUT2D eigenvalue weighted by atomic mass is 32.1. The number of carbonyl (C=O) groups is 1. The Kier molecular flexibility index (Phi) is 4.29. The van der Waals surface area contributed by atoms with Crippen LogP contribution in [0.4, 0.5) is 0 Å². The summed E-state index contributed by atoms with van der Waals surface area (Å²) in [5.74, 6) is -0.0270. The summed E-state index contributed by atoms with van der Waals surface area (Å²) in [4.78, 5) is 16.8. The summed E-state index contributed by atoms with van der Waals surface area (Å²) in [7, 11) is 0. The molecule has 0 saturated carbocycles. The number of fused-ring (bicyclic) bond motifs is 1. The number of aromatic nitrogens is 1. The molecule has 0 saturated heterocycles. The molecule has 1 atom stereocenters. The standard InChI is InChI=1S/C15H17N3OS/c1-9(2)13(14(16)20)18-15(19)11-5-6-12-10(8-11)4-3-7-17-12/h3-9,13H,1-2H3,(H2,16,20)(H,18,19). The van der Waals surface area contributed by atoms with Crippen molar-refractivity contribution in [2.75, 3.05) is 0 Å². The molecule has 2 rings (SSSR count). The molecule has 0 radical (unpaired) electrons. The van der Waals surface area contributed by atoms with Crippen LogP contribution in [0.5, 0.6) is 0 Å². The largest absolute Gasteiger partial charge is 0.392 e. The van der Waals surface area contributed by atoms with E-state index in [2.05, 4.69) is 10.3 Å². The van der Waals surface area contributed by atoms with E-state index in [0.29, 0.717) is 10.6 Å². The summed E-state index contributed by atoms with van der Waals surface area (Å²) in [6, 6.07) is 8.86. The molecular weight excluding hydrogens is 270 g/mol. The summed E-state index contributed by atoms with van der Waals surface area (Å²) in [5, 5.41) is 3.80. The molecule has 0 aliphatic rings. The molecule has 1 unspecified atom stereocenters. The Labute approximate surface area is 123 Å². The van der Waals surface area contributed by atoms with E-state index in [0.717, 1.165) is 10.9 Å². The lowest BCUT2D eigenvalue weighted by Gasteiger charge is -2.21. The first-order chi connectivity index (χ1) is 9.49. The number of nitrogens with one attached hydrogen (secondary N) is 1. The fourth-order valence-electron chi connectivity index (χ4n) is 2.01. The van der Waals surface area contributed by atoms with Gasteiger partial charge >= 0.3 is 0 Å². The number of benzene rings is 1. The summed E-state index contributed by atoms with van der Waals surface area (Å²) < 4.78 is 0. The zero-order chi connectivity index (χ0) is 14.7. The van der Waals surface area contributed by atoms with E-state index in [4.69, 9.17) is 18.0 Å². The molecule has 104 valence electrons. The van der Waals surface area contributed by atoms with Gasteiger partial charge in [0.15, 0.2) is 0 Å². The van der Waals surface area contributed by atoms with Gasteiger partial charge in [-0.15, -0.1) is 0 Å². The molecule has 1 aromatic carbocycles. The van der Waals surface area contributed by atoms with E-state index in [-0.39, 0.29) is 17.9 Å². The quantitative estimate of drug-likeness (QED) is 0.847. The van der Waals surface area contributed by atoms with Crippen molar-refractivity contribution >= 4 is 34.0 Å². The Bertz CT molecular complexity index is 654. The van der Waals surface area contributed by atoms with Gasteiger partial charge in [0.2, 0.25) is 0 Å². The molecule has 20 heavy (non-hydrogen) atoms. The van der Waals surface area contributed by atoms with Crippen LogP contribution in [0.2, 0.25) is 0 Å². The van der Waals surface area contributed by atoms with Crippen molar-refractivity contribution in [3.8, 4) is 0 Å². The molecule has 3 N–H and O–H groups in total. The third-order valence-electron chi connectivity index (χ3n) is 3.12. The fourth-order valence-corrected chi connectivity index (χ4v) is 2.34. The molecule has 1 amide bonds. The second-order valence-electron chi connectivity index (χ2n) is 5.01. The number of amides is 1. The van der Waals surface area contributed by atoms with Crippen molar-refractivity contribution in [3.63, 3.8) is 0 Å². The number of carbonyl (C=O) groups excluding carboxylic acids is 1. The molecule has 0 aliphatic carbocycles. The molecule has 0 fully saturated rings. The average Bonchev–Trinajstić information content (AvgIpc) is 2.43. The van der Waals surface area contributed by atoms with E-state index in [1.54, 1.807) is 12.3 Å². The highest BCUT2D eigenvalue weighted by molar-refractivity contribution is 7.80. The second-order valence-corrected chi connectivity index (χ2v) is 5.48. The van der Waals surface area contributed by atoms with Gasteiger partial charge in [-0.3, -0.25) is 9.78 Å². The molecule has 5 heteroatoms. The van der Waals surface area contributed by atoms with E-state index in [9.17, 15) is 4.79 Å². The monoisotopic (exact) mass is 287 g/mol. The minimum absolute atomic E-state index is 0.151. The summed E-state index contributed by atoms with van der Waals surface area (Å²) in [5.41, 5.74) is 7.10. The van der Waals surface area contributed by atoms with Crippen LogP contribution in [0.15, 0.2) is 36.5 Å². The number of nitrogens with zero attached hydrogens (tertiary/aromatic N) is 1. The molecule has 0 aliphatic heterocycles. The predicted octanol–water partition coefficient (Wildman–Crippen LogP) is 2.28. The molecule has 0 bridgehead atoms. The van der Waals surface area contributed by atoms with Crippen molar-refractivity contribution in [3.05, 3.63) is 42.1 Å². The zero-order valence-electron chi connectivity index (χ0n) is 11.5. The normalized spacial score (nSPS) is 12.3. The van der Waals surface area contributed by atoms with Gasteiger partial charge < -0.3 is 11.1 Å². The van der Waals surface area contributed by atoms with Crippen LogP contribution in [-0.2, 0) is 0 Å². The highest BCUT2D eigenvalue weighted by Crippen LogP contribution is 2.14. The van der Waals surface area contributed by atoms with Crippen molar-refractivity contribution in [1.82, 2.24) is 10.3 Å². The number of hydrogen-bond acceptors (Lipinski definition) is 3. The van der Waals surface area contributed by atoms with Gasteiger partial charge in [0, 0.05) is 17.1 Å². The minimum Gasteiger partial charge on any atom is -0.392 e. The van der Waals surface area contributed by atoms with E-state index >= 15 is 0 Å². The molecule has 0 spiro atoms. The Balaban J connectivity index is 2.24. The summed E-state index contributed by atoms with van der Waals surface area (Å²) in [6.07, 6.45) is 1.73. The van der Waals surface area contributed by atoms with E-state index < -0.39 is 0 Å². The topological polar surface area (TPSA) is 68.0 Å². The van der Waals surface area contributed by atoms with Crippen molar-refractivity contribution in [2.24, 2.45) is 11.7 Å². The zero-order valence-corrected chi connectivity index (χ0v) is 12.3. The number of thiocarbonyl (C=S) groups is 1. The van der Waals surface area contributed by atoms with E-state index in [1.807, 2.05) is 38.1 Å². The maximum absolute atomic E-state index is 12.3. The van der Waals surface area contributed by atoms with Crippen LogP contribution in [0.25, 0.3) is 10.9 Å². The predicted molar refractivity (Wildman–Crippen MR) is 84.6 cm³/mol. The lowest BCUT2D eigenvalue weighted by atomic mass is 10.0. The van der Waals surface area contributed by atoms with Gasteiger partial charge in [0.1, 0.15) is 0 Å². The van der Waals surface area contributed by atoms with Crippen LogP contribution >= 0.6 is 12.2 Å². The van der Waals surface area contributed by atoms with Gasteiger partial charge in [-0.2, -0.15) is 0 Å². The number of pyridine rings is 1. The minimum atomic E-state index is -0.304. The van der Waals surface area contributed by atoms with Crippen LogP contribution in [0.1, 0.15) is 24.2 Å². The molecule has 2 aromatic rings. The molecule has 1 heterocycles. The summed E-state index contributed by atoms with van der Waals surface area (Å²) in [6.45, 7) is 3.93. The van der Waals surface area contributed by atoms with Crippen molar-refractivity contribution in [2.45, 2.75) is 19.9 Å². The Morgan fingerprint density at radius 2 is 2.10 bits per heavy atom. The SMILES string of the molecule is CC(C)C(NC(=O)c1ccc2ncccc2c1)C(N)=S. The fraction of sp³-hybridized carbons (Fsp3) is 0.267. The first-order valence-corrected chi connectivity index (χ1v) is 6.85. The number of nitrogens with two attached hydrogens (primary N) is 1. The van der Waals surface area contributed by atoms with Gasteiger partial charge in [0.25, 0.3) is 5.91 Å². The third kappa shape index (κ3) is 3.11. The summed E-state index contributed by atoms with van der Waals surface area (Å²) >= 11 is 4.99. The maximum atomic E-state index is 12.3. The van der Waals surface area contributed by atoms with Gasteiger partial charge in [0.05, 0.1) is 16.5 Å². The lowest BCUT2D eigenvalue weighted by molar-refractivity contribution is 0.0940. The van der Waals surface area contributed by atoms with Gasteiger partial charge in [-0.25, -0.2) is 0 Å². The first kappa shape index (κ1) is 14.4. The van der Waals surface area contributed by atoms with Crippen LogP contribution in [-0.4, -0.2) is 21.9 Å². The highest BCUT2D eigenvalue weighted by Gasteiger charge is 2.19. The molecule has 4 nitrogen and oxygen atoms in total. The van der Waals surface area contributed by atoms with Crippen molar-refractivity contribution < 1.29 is 4.79 Å². The maximum Gasteiger partial charge on any atom is 0.251 e. The smallest absolute Gasteiger partial charge is 0.251 e. The first-order valence-electron chi connectivity index (χ1n) is 6.44. The Morgan fingerprint density at radius 1 is 1.35 bits per heavy atom. The van der Waals surface area contributed by atoms with Crippen molar-refractivity contribution in [1.29, 1.82) is 0 Å². The molecular formula is C15H17N3OS. The van der Waals surface area contributed by atoms with Crippen LogP contribution in [0.3, 0.4) is 0 Å². The van der Waals surface area contributed by atoms with Crippen LogP contribution in [0, 0.1) is 5.92 Å². The van der Waals surface area contributed by atoms with E-state index in [1.165, 1.54) is 0 Å². The van der Waals surface area contributed by atoms with Gasteiger partial charge in [-0.05, 0) is 30.2 Å². The Hall–Kier alpha value is -2.01.